The van der Waals surface area contributed by atoms with Crippen molar-refractivity contribution in [3.05, 3.63) is 54.1 Å². The molecule has 0 bridgehead atoms. The molecule has 3 rings (SSSR count). The average molecular weight is 340 g/mol. The predicted molar refractivity (Wildman–Crippen MR) is 98.0 cm³/mol. The van der Waals surface area contributed by atoms with Gasteiger partial charge in [-0.3, -0.25) is 9.69 Å². The van der Waals surface area contributed by atoms with Crippen LogP contribution in [0, 0.1) is 5.92 Å². The van der Waals surface area contributed by atoms with Crippen molar-refractivity contribution < 1.29 is 14.3 Å². The van der Waals surface area contributed by atoms with Gasteiger partial charge in [0.25, 0.3) is 0 Å². The molecule has 0 spiro atoms. The van der Waals surface area contributed by atoms with Gasteiger partial charge in [-0.2, -0.15) is 0 Å². The SMILES string of the molecule is COc1ccc(OC)c(NC(=O)C2CCN(Cc3ccccc3)C2)c1. The van der Waals surface area contributed by atoms with Crippen LogP contribution in [0.4, 0.5) is 5.69 Å². The van der Waals surface area contributed by atoms with Crippen LogP contribution in [0.25, 0.3) is 0 Å². The van der Waals surface area contributed by atoms with E-state index in [9.17, 15) is 4.79 Å². The fourth-order valence-electron chi connectivity index (χ4n) is 3.18. The Hall–Kier alpha value is -2.53. The van der Waals surface area contributed by atoms with Gasteiger partial charge in [0.1, 0.15) is 11.5 Å². The van der Waals surface area contributed by atoms with Gasteiger partial charge in [-0.05, 0) is 30.7 Å². The number of nitrogens with one attached hydrogen (secondary N) is 1. The Morgan fingerprint density at radius 3 is 2.68 bits per heavy atom. The first-order valence-corrected chi connectivity index (χ1v) is 8.48. The molecule has 1 heterocycles. The first-order chi connectivity index (χ1) is 12.2. The maximum atomic E-state index is 12.6. The summed E-state index contributed by atoms with van der Waals surface area (Å²) in [5.41, 5.74) is 1.92. The Bertz CT molecular complexity index is 718. The molecule has 1 atom stereocenters. The molecule has 1 aliphatic rings. The predicted octanol–water partition coefficient (Wildman–Crippen LogP) is 3.16. The highest BCUT2D eigenvalue weighted by molar-refractivity contribution is 5.94. The summed E-state index contributed by atoms with van der Waals surface area (Å²) in [5, 5.41) is 2.99. The molecular weight excluding hydrogens is 316 g/mol. The van der Waals surface area contributed by atoms with Crippen molar-refractivity contribution in [3.8, 4) is 11.5 Å². The van der Waals surface area contributed by atoms with Crippen LogP contribution in [0.3, 0.4) is 0 Å². The Balaban J connectivity index is 1.61. The van der Waals surface area contributed by atoms with Crippen molar-refractivity contribution in [1.82, 2.24) is 4.90 Å². The first kappa shape index (κ1) is 17.3. The monoisotopic (exact) mass is 340 g/mol. The zero-order chi connectivity index (χ0) is 17.6. The highest BCUT2D eigenvalue weighted by Gasteiger charge is 2.28. The summed E-state index contributed by atoms with van der Waals surface area (Å²) in [5.74, 6) is 1.34. The number of nitrogens with zero attached hydrogens (tertiary/aromatic N) is 1. The number of ether oxygens (including phenoxy) is 2. The van der Waals surface area contributed by atoms with Gasteiger partial charge in [0.05, 0.1) is 25.8 Å². The van der Waals surface area contributed by atoms with E-state index in [1.54, 1.807) is 26.4 Å². The molecule has 25 heavy (non-hydrogen) atoms. The molecule has 5 heteroatoms. The number of amides is 1. The van der Waals surface area contributed by atoms with E-state index in [0.29, 0.717) is 17.2 Å². The van der Waals surface area contributed by atoms with Gasteiger partial charge < -0.3 is 14.8 Å². The molecule has 1 saturated heterocycles. The molecule has 1 amide bonds. The molecule has 2 aromatic rings. The number of hydrogen-bond donors (Lipinski definition) is 1. The molecule has 2 aromatic carbocycles. The third-order valence-corrected chi connectivity index (χ3v) is 4.56. The Kier molecular flexibility index (Phi) is 5.56. The average Bonchev–Trinajstić information content (AvgIpc) is 3.11. The minimum absolute atomic E-state index is 0.0142. The number of carbonyl (C=O) groups is 1. The van der Waals surface area contributed by atoms with Gasteiger partial charge >= 0.3 is 0 Å². The summed E-state index contributed by atoms with van der Waals surface area (Å²) >= 11 is 0. The van der Waals surface area contributed by atoms with Gasteiger partial charge in [-0.15, -0.1) is 0 Å². The van der Waals surface area contributed by atoms with Gasteiger partial charge in [0, 0.05) is 19.2 Å². The Labute approximate surface area is 148 Å². The third-order valence-electron chi connectivity index (χ3n) is 4.56. The number of benzene rings is 2. The fraction of sp³-hybridized carbons (Fsp3) is 0.350. The van der Waals surface area contributed by atoms with Gasteiger partial charge in [0.2, 0.25) is 5.91 Å². The highest BCUT2D eigenvalue weighted by atomic mass is 16.5. The van der Waals surface area contributed by atoms with Crippen LogP contribution in [0.15, 0.2) is 48.5 Å². The van der Waals surface area contributed by atoms with E-state index >= 15 is 0 Å². The molecule has 1 N–H and O–H groups in total. The van der Waals surface area contributed by atoms with Crippen molar-refractivity contribution in [1.29, 1.82) is 0 Å². The maximum absolute atomic E-state index is 12.6. The third kappa shape index (κ3) is 4.31. The number of rotatable bonds is 6. The normalized spacial score (nSPS) is 17.3. The Morgan fingerprint density at radius 2 is 1.96 bits per heavy atom. The largest absolute Gasteiger partial charge is 0.497 e. The summed E-state index contributed by atoms with van der Waals surface area (Å²) in [4.78, 5) is 15.0. The molecule has 132 valence electrons. The number of carbonyl (C=O) groups excluding carboxylic acids is 1. The van der Waals surface area contributed by atoms with Gasteiger partial charge in [-0.25, -0.2) is 0 Å². The molecule has 5 nitrogen and oxygen atoms in total. The maximum Gasteiger partial charge on any atom is 0.228 e. The number of methoxy groups -OCH3 is 2. The van der Waals surface area contributed by atoms with Crippen LogP contribution in [0.1, 0.15) is 12.0 Å². The van der Waals surface area contributed by atoms with Crippen molar-refractivity contribution >= 4 is 11.6 Å². The van der Waals surface area contributed by atoms with E-state index in [4.69, 9.17) is 9.47 Å². The lowest BCUT2D eigenvalue weighted by molar-refractivity contribution is -0.119. The van der Waals surface area contributed by atoms with Crippen molar-refractivity contribution in [2.24, 2.45) is 5.92 Å². The van der Waals surface area contributed by atoms with Crippen LogP contribution in [0.5, 0.6) is 11.5 Å². The van der Waals surface area contributed by atoms with Crippen LogP contribution in [-0.2, 0) is 11.3 Å². The quantitative estimate of drug-likeness (QED) is 0.878. The van der Waals surface area contributed by atoms with Crippen LogP contribution < -0.4 is 14.8 Å². The summed E-state index contributed by atoms with van der Waals surface area (Å²) in [6.07, 6.45) is 0.866. The molecule has 1 aliphatic heterocycles. The van der Waals surface area contributed by atoms with Crippen molar-refractivity contribution in [2.45, 2.75) is 13.0 Å². The van der Waals surface area contributed by atoms with E-state index < -0.39 is 0 Å². The van der Waals surface area contributed by atoms with Crippen LogP contribution in [-0.4, -0.2) is 38.1 Å². The molecular formula is C20H24N2O3. The van der Waals surface area contributed by atoms with Crippen LogP contribution in [0.2, 0.25) is 0 Å². The second-order valence-corrected chi connectivity index (χ2v) is 6.26. The lowest BCUT2D eigenvalue weighted by Crippen LogP contribution is -2.27. The smallest absolute Gasteiger partial charge is 0.228 e. The molecule has 1 unspecified atom stereocenters. The topological polar surface area (TPSA) is 50.8 Å². The first-order valence-electron chi connectivity index (χ1n) is 8.48. The van der Waals surface area contributed by atoms with E-state index in [-0.39, 0.29) is 11.8 Å². The highest BCUT2D eigenvalue weighted by Crippen LogP contribution is 2.30. The summed E-state index contributed by atoms with van der Waals surface area (Å²) in [6.45, 7) is 2.59. The molecule has 0 aromatic heterocycles. The molecule has 0 saturated carbocycles. The zero-order valence-electron chi connectivity index (χ0n) is 14.7. The van der Waals surface area contributed by atoms with E-state index in [1.807, 2.05) is 24.3 Å². The zero-order valence-corrected chi connectivity index (χ0v) is 14.7. The summed E-state index contributed by atoms with van der Waals surface area (Å²) < 4.78 is 10.6. The molecule has 0 radical (unpaired) electrons. The second-order valence-electron chi connectivity index (χ2n) is 6.26. The summed E-state index contributed by atoms with van der Waals surface area (Å²) in [7, 11) is 3.19. The fourth-order valence-corrected chi connectivity index (χ4v) is 3.18. The number of anilines is 1. The van der Waals surface area contributed by atoms with Crippen LogP contribution >= 0.6 is 0 Å². The van der Waals surface area contributed by atoms with Crippen molar-refractivity contribution in [2.75, 3.05) is 32.6 Å². The van der Waals surface area contributed by atoms with Gasteiger partial charge in [-0.1, -0.05) is 30.3 Å². The lowest BCUT2D eigenvalue weighted by atomic mass is 10.1. The Morgan fingerprint density at radius 1 is 1.16 bits per heavy atom. The van der Waals surface area contributed by atoms with E-state index in [2.05, 4.69) is 22.3 Å². The molecule has 0 aliphatic carbocycles. The standard InChI is InChI=1S/C20H24N2O3/c1-24-17-8-9-19(25-2)18(12-17)21-20(23)16-10-11-22(14-16)13-15-6-4-3-5-7-15/h3-9,12,16H,10-11,13-14H2,1-2H3,(H,21,23). The van der Waals surface area contributed by atoms with E-state index in [1.165, 1.54) is 5.56 Å². The van der Waals surface area contributed by atoms with Gasteiger partial charge in [0.15, 0.2) is 0 Å². The summed E-state index contributed by atoms with van der Waals surface area (Å²) in [6, 6.07) is 15.7. The van der Waals surface area contributed by atoms with Crippen molar-refractivity contribution in [3.63, 3.8) is 0 Å². The van der Waals surface area contributed by atoms with E-state index in [0.717, 1.165) is 26.1 Å². The lowest BCUT2D eigenvalue weighted by Gasteiger charge is -2.17. The second kappa shape index (κ2) is 8.03. The molecule has 1 fully saturated rings. The minimum atomic E-state index is -0.0142. The number of hydrogen-bond acceptors (Lipinski definition) is 4. The number of likely N-dealkylation sites (tertiary alicyclic amines) is 1. The minimum Gasteiger partial charge on any atom is -0.497 e.